The summed E-state index contributed by atoms with van der Waals surface area (Å²) in [4.78, 5) is 25.0. The third-order valence-electron chi connectivity index (χ3n) is 4.50. The van der Waals surface area contributed by atoms with Gasteiger partial charge in [0.25, 0.3) is 0 Å². The Balaban J connectivity index is 2.65. The maximum atomic E-state index is 12.2. The molecule has 0 bridgehead atoms. The number of hydrogen-bond acceptors (Lipinski definition) is 3. The fourth-order valence-electron chi connectivity index (χ4n) is 2.75. The molecule has 1 heterocycles. The number of aliphatic carboxylic acids is 1. The van der Waals surface area contributed by atoms with Crippen LogP contribution in [0.4, 0.5) is 4.79 Å². The molecular weight excluding hydrogens is 276 g/mol. The van der Waals surface area contributed by atoms with Crippen LogP contribution in [0.3, 0.4) is 0 Å². The number of thioether (sulfide) groups is 1. The minimum atomic E-state index is -0.910. The van der Waals surface area contributed by atoms with Crippen LogP contribution in [0.25, 0.3) is 0 Å². The normalized spacial score (nSPS) is 22.9. The van der Waals surface area contributed by atoms with E-state index in [0.717, 1.165) is 19.3 Å². The van der Waals surface area contributed by atoms with E-state index in [0.29, 0.717) is 13.1 Å². The molecule has 0 spiro atoms. The Bertz CT molecular complexity index is 350. The molecule has 0 aromatic heterocycles. The van der Waals surface area contributed by atoms with Gasteiger partial charge in [-0.05, 0) is 31.4 Å². The van der Waals surface area contributed by atoms with Gasteiger partial charge in [0.15, 0.2) is 0 Å². The molecule has 2 atom stereocenters. The van der Waals surface area contributed by atoms with Crippen LogP contribution < -0.4 is 5.32 Å². The van der Waals surface area contributed by atoms with Gasteiger partial charge in [-0.25, -0.2) is 9.59 Å². The number of hydrogen-bond donors (Lipinski definition) is 2. The summed E-state index contributed by atoms with van der Waals surface area (Å²) in [6.45, 7) is 7.22. The van der Waals surface area contributed by atoms with E-state index in [4.69, 9.17) is 0 Å². The topological polar surface area (TPSA) is 69.6 Å². The molecule has 1 rings (SSSR count). The van der Waals surface area contributed by atoms with E-state index in [1.807, 2.05) is 6.92 Å². The van der Waals surface area contributed by atoms with Crippen molar-refractivity contribution in [1.29, 1.82) is 0 Å². The van der Waals surface area contributed by atoms with Crippen LogP contribution in [0.1, 0.15) is 40.0 Å². The van der Waals surface area contributed by atoms with Gasteiger partial charge in [0.05, 0.1) is 0 Å². The molecular formula is C14H26N2O3S. The smallest absolute Gasteiger partial charge is 0.326 e. The summed E-state index contributed by atoms with van der Waals surface area (Å²) in [7, 11) is 0. The van der Waals surface area contributed by atoms with Crippen LogP contribution in [0.15, 0.2) is 0 Å². The van der Waals surface area contributed by atoms with Crippen molar-refractivity contribution in [2.45, 2.75) is 50.8 Å². The van der Waals surface area contributed by atoms with Crippen LogP contribution in [0.5, 0.6) is 0 Å². The third kappa shape index (κ3) is 3.59. The van der Waals surface area contributed by atoms with Crippen LogP contribution in [-0.4, -0.2) is 52.1 Å². The number of urea groups is 1. The summed E-state index contributed by atoms with van der Waals surface area (Å²) in [5.74, 6) is -0.895. The van der Waals surface area contributed by atoms with Crippen LogP contribution in [0.2, 0.25) is 0 Å². The lowest BCUT2D eigenvalue weighted by Crippen LogP contribution is -2.50. The molecule has 0 saturated carbocycles. The predicted molar refractivity (Wildman–Crippen MR) is 82.1 cm³/mol. The molecule has 0 aromatic carbocycles. The molecule has 2 N–H and O–H groups in total. The Morgan fingerprint density at radius 1 is 1.40 bits per heavy atom. The van der Waals surface area contributed by atoms with Gasteiger partial charge in [-0.15, -0.1) is 0 Å². The number of nitrogens with zero attached hydrogens (tertiary/aromatic N) is 1. The lowest BCUT2D eigenvalue weighted by atomic mass is 10.0. The number of carbonyl (C=O) groups is 2. The largest absolute Gasteiger partial charge is 0.480 e. The highest BCUT2D eigenvalue weighted by Crippen LogP contribution is 2.30. The summed E-state index contributed by atoms with van der Waals surface area (Å²) in [6.07, 6.45) is 4.75. The summed E-state index contributed by atoms with van der Waals surface area (Å²) in [6, 6.07) is -0.941. The Morgan fingerprint density at radius 2 is 2.00 bits per heavy atom. The Labute approximate surface area is 125 Å². The highest BCUT2D eigenvalue weighted by atomic mass is 32.2. The van der Waals surface area contributed by atoms with Crippen molar-refractivity contribution in [3.8, 4) is 0 Å². The standard InChI is InChI=1S/C14H26N2O3S/c1-5-14(6-2,20-4)9-15-13(19)16-8-7-10(3)11(16)12(17)18/h10-11H,5-9H2,1-4H3,(H,15,19)(H,17,18). The van der Waals surface area contributed by atoms with Gasteiger partial charge in [-0.2, -0.15) is 11.8 Å². The molecule has 5 nitrogen and oxygen atoms in total. The molecule has 1 aliphatic rings. The summed E-state index contributed by atoms with van der Waals surface area (Å²) in [5.41, 5.74) is 0. The van der Waals surface area contributed by atoms with Crippen LogP contribution >= 0.6 is 11.8 Å². The summed E-state index contributed by atoms with van der Waals surface area (Å²) >= 11 is 1.76. The molecule has 116 valence electrons. The number of rotatable bonds is 6. The Hall–Kier alpha value is -0.910. The first kappa shape index (κ1) is 17.1. The molecule has 0 aromatic rings. The van der Waals surface area contributed by atoms with Gasteiger partial charge in [0, 0.05) is 17.8 Å². The van der Waals surface area contributed by atoms with E-state index < -0.39 is 12.0 Å². The Morgan fingerprint density at radius 3 is 2.45 bits per heavy atom. The molecule has 6 heteroatoms. The van der Waals surface area contributed by atoms with Crippen molar-refractivity contribution in [2.75, 3.05) is 19.3 Å². The van der Waals surface area contributed by atoms with Crippen molar-refractivity contribution in [2.24, 2.45) is 5.92 Å². The molecule has 1 saturated heterocycles. The maximum absolute atomic E-state index is 12.2. The number of likely N-dealkylation sites (tertiary alicyclic amines) is 1. The monoisotopic (exact) mass is 302 g/mol. The number of amides is 2. The first-order chi connectivity index (χ1) is 9.40. The van der Waals surface area contributed by atoms with E-state index in [2.05, 4.69) is 25.4 Å². The maximum Gasteiger partial charge on any atom is 0.326 e. The molecule has 1 fully saturated rings. The highest BCUT2D eigenvalue weighted by Gasteiger charge is 2.40. The second-order valence-electron chi connectivity index (χ2n) is 5.50. The van der Waals surface area contributed by atoms with Gasteiger partial charge < -0.3 is 15.3 Å². The van der Waals surface area contributed by atoms with Crippen LogP contribution in [-0.2, 0) is 4.79 Å². The first-order valence-electron chi connectivity index (χ1n) is 7.23. The van der Waals surface area contributed by atoms with Crippen molar-refractivity contribution >= 4 is 23.8 Å². The first-order valence-corrected chi connectivity index (χ1v) is 8.45. The van der Waals surface area contributed by atoms with Crippen LogP contribution in [0, 0.1) is 5.92 Å². The fraction of sp³-hybridized carbons (Fsp3) is 0.857. The van der Waals surface area contributed by atoms with E-state index in [1.165, 1.54) is 4.90 Å². The van der Waals surface area contributed by atoms with Gasteiger partial charge in [-0.1, -0.05) is 20.8 Å². The molecule has 20 heavy (non-hydrogen) atoms. The number of carboxylic acid groups (broad SMARTS) is 1. The molecule has 1 aliphatic heterocycles. The summed E-state index contributed by atoms with van der Waals surface area (Å²) in [5, 5.41) is 12.2. The second-order valence-corrected chi connectivity index (χ2v) is 6.77. The SMILES string of the molecule is CCC(CC)(CNC(=O)N1CCC(C)C1C(=O)O)SC. The molecule has 0 radical (unpaired) electrons. The number of carbonyl (C=O) groups excluding carboxylic acids is 1. The summed E-state index contributed by atoms with van der Waals surface area (Å²) < 4.78 is 0.0414. The minimum absolute atomic E-state index is 0.0147. The van der Waals surface area contributed by atoms with Crippen molar-refractivity contribution < 1.29 is 14.7 Å². The van der Waals surface area contributed by atoms with Crippen molar-refractivity contribution in [3.05, 3.63) is 0 Å². The lowest BCUT2D eigenvalue weighted by Gasteiger charge is -2.31. The van der Waals surface area contributed by atoms with Gasteiger partial charge >= 0.3 is 12.0 Å². The molecule has 2 amide bonds. The molecule has 2 unspecified atom stereocenters. The van der Waals surface area contributed by atoms with E-state index in [1.54, 1.807) is 11.8 Å². The van der Waals surface area contributed by atoms with E-state index >= 15 is 0 Å². The lowest BCUT2D eigenvalue weighted by molar-refractivity contribution is -0.142. The molecule has 0 aliphatic carbocycles. The van der Waals surface area contributed by atoms with Crippen molar-refractivity contribution in [3.63, 3.8) is 0 Å². The average molecular weight is 302 g/mol. The van der Waals surface area contributed by atoms with E-state index in [-0.39, 0.29) is 16.7 Å². The zero-order chi connectivity index (χ0) is 15.3. The number of carboxylic acids is 1. The quantitative estimate of drug-likeness (QED) is 0.790. The number of nitrogens with one attached hydrogen (secondary N) is 1. The Kier molecular flexibility index (Phi) is 6.17. The van der Waals surface area contributed by atoms with Gasteiger partial charge in [-0.3, -0.25) is 0 Å². The average Bonchev–Trinajstić information content (AvgIpc) is 2.82. The minimum Gasteiger partial charge on any atom is -0.480 e. The second kappa shape index (κ2) is 7.20. The predicted octanol–water partition coefficient (Wildman–Crippen LogP) is 2.41. The zero-order valence-electron chi connectivity index (χ0n) is 12.8. The van der Waals surface area contributed by atoms with Crippen molar-refractivity contribution in [1.82, 2.24) is 10.2 Å². The van der Waals surface area contributed by atoms with Gasteiger partial charge in [0.1, 0.15) is 6.04 Å². The van der Waals surface area contributed by atoms with Gasteiger partial charge in [0.2, 0.25) is 0 Å². The third-order valence-corrected chi connectivity index (χ3v) is 6.09. The zero-order valence-corrected chi connectivity index (χ0v) is 13.6. The van der Waals surface area contributed by atoms with E-state index in [9.17, 15) is 14.7 Å². The highest BCUT2D eigenvalue weighted by molar-refractivity contribution is 8.00. The fourth-order valence-corrected chi connectivity index (χ4v) is 3.54.